The second-order valence-electron chi connectivity index (χ2n) is 6.40. The van der Waals surface area contributed by atoms with Gasteiger partial charge in [0.2, 0.25) is 5.85 Å². The molecule has 1 aliphatic carbocycles. The zero-order valence-electron chi connectivity index (χ0n) is 13.4. The molecule has 0 bridgehead atoms. The molecular weight excluding hydrogens is 288 g/mol. The maximum absolute atomic E-state index is 5.75. The first-order valence-electron chi connectivity index (χ1n) is 8.10. The summed E-state index contributed by atoms with van der Waals surface area (Å²) in [6.45, 7) is 2.75. The summed E-state index contributed by atoms with van der Waals surface area (Å²) in [4.78, 5) is 0. The monoisotopic (exact) mass is 311 g/mol. The van der Waals surface area contributed by atoms with Crippen LogP contribution in [-0.4, -0.2) is 12.5 Å². The summed E-state index contributed by atoms with van der Waals surface area (Å²) >= 11 is 0. The van der Waals surface area contributed by atoms with Gasteiger partial charge in [0.1, 0.15) is 12.3 Å². The molecule has 2 unspecified atom stereocenters. The van der Waals surface area contributed by atoms with Crippen LogP contribution in [0.5, 0.6) is 0 Å². The highest BCUT2D eigenvalue weighted by molar-refractivity contribution is 5.69. The third-order valence-electron chi connectivity index (χ3n) is 4.68. The van der Waals surface area contributed by atoms with E-state index in [4.69, 9.17) is 4.74 Å². The third kappa shape index (κ3) is 2.79. The van der Waals surface area contributed by atoms with Crippen LogP contribution in [-0.2, 0) is 11.2 Å². The molecule has 1 saturated heterocycles. The Morgan fingerprint density at radius 2 is 2.00 bits per heavy atom. The lowest BCUT2D eigenvalue weighted by atomic mass is 10.1. The van der Waals surface area contributed by atoms with E-state index in [2.05, 4.69) is 65.2 Å². The Hall–Kier alpha value is -2.08. The minimum Gasteiger partial charge on any atom is -0.341 e. The Kier molecular flexibility index (Phi) is 3.49. The molecule has 0 saturated carbocycles. The fourth-order valence-corrected chi connectivity index (χ4v) is 3.39. The lowest BCUT2D eigenvalue weighted by Crippen LogP contribution is -2.56. The molecule has 0 radical (unpaired) electrons. The molecule has 5 heteroatoms. The number of rotatable bonds is 5. The molecule has 4 rings (SSSR count). The number of hydrogen-bond donors (Lipinski definition) is 4. The van der Waals surface area contributed by atoms with Crippen LogP contribution in [0.3, 0.4) is 0 Å². The van der Waals surface area contributed by atoms with Gasteiger partial charge in [0.05, 0.1) is 5.69 Å². The third-order valence-corrected chi connectivity index (χ3v) is 4.68. The summed E-state index contributed by atoms with van der Waals surface area (Å²) < 4.78 is 5.75. The van der Waals surface area contributed by atoms with E-state index in [0.717, 1.165) is 24.2 Å². The van der Waals surface area contributed by atoms with Gasteiger partial charge in [-0.25, -0.2) is 5.43 Å². The van der Waals surface area contributed by atoms with Crippen LogP contribution in [0, 0.1) is 6.92 Å². The van der Waals surface area contributed by atoms with Crippen molar-refractivity contribution in [1.82, 2.24) is 5.32 Å². The fraction of sp³-hybridized carbons (Fsp3) is 0.333. The average Bonchev–Trinajstić information content (AvgIpc) is 3.19. The van der Waals surface area contributed by atoms with Crippen molar-refractivity contribution in [3.63, 3.8) is 0 Å². The molecule has 2 aromatic rings. The number of anilines is 2. The summed E-state index contributed by atoms with van der Waals surface area (Å²) in [5.74, 6) is 3.31. The molecule has 120 valence electrons. The number of benzene rings is 2. The molecule has 2 atom stereocenters. The summed E-state index contributed by atoms with van der Waals surface area (Å²) in [6, 6.07) is 15.2. The number of aryl methyl sites for hydroxylation is 2. The molecule has 6 N–H and O–H groups in total. The summed E-state index contributed by atoms with van der Waals surface area (Å²) in [5, 5.41) is 7.17. The van der Waals surface area contributed by atoms with Gasteiger partial charge in [0.25, 0.3) is 0 Å². The zero-order chi connectivity index (χ0) is 15.9. The second-order valence-corrected chi connectivity index (χ2v) is 6.40. The Balaban J connectivity index is 1.53. The zero-order valence-corrected chi connectivity index (χ0v) is 13.4. The highest BCUT2D eigenvalue weighted by Crippen LogP contribution is 2.37. The van der Waals surface area contributed by atoms with Crippen LogP contribution >= 0.6 is 0 Å². The summed E-state index contributed by atoms with van der Waals surface area (Å²) in [7, 11) is 0. The lowest BCUT2D eigenvalue weighted by molar-refractivity contribution is -0.325. The molecule has 1 fully saturated rings. The first-order chi connectivity index (χ1) is 11.2. The van der Waals surface area contributed by atoms with E-state index in [9.17, 15) is 0 Å². The SMILES string of the molecule is Cc1ccc(N[NH3+])c(NC2(NC3CCc4ccccc43)CO2)c1. The molecule has 0 amide bonds. The summed E-state index contributed by atoms with van der Waals surface area (Å²) in [6.07, 6.45) is 2.24. The van der Waals surface area contributed by atoms with Crippen molar-refractivity contribution >= 4 is 11.4 Å². The number of fused-ring (bicyclic) bond motifs is 1. The van der Waals surface area contributed by atoms with Crippen LogP contribution in [0.15, 0.2) is 42.5 Å². The predicted octanol–water partition coefficient (Wildman–Crippen LogP) is 1.94. The fourth-order valence-electron chi connectivity index (χ4n) is 3.39. The van der Waals surface area contributed by atoms with E-state index >= 15 is 0 Å². The number of nitrogens with one attached hydrogen (secondary N) is 3. The van der Waals surface area contributed by atoms with Crippen molar-refractivity contribution in [2.24, 2.45) is 0 Å². The van der Waals surface area contributed by atoms with Gasteiger partial charge < -0.3 is 10.1 Å². The quantitative estimate of drug-likeness (QED) is 0.387. The van der Waals surface area contributed by atoms with E-state index in [1.54, 1.807) is 0 Å². The van der Waals surface area contributed by atoms with Crippen LogP contribution in [0.25, 0.3) is 0 Å². The average molecular weight is 311 g/mol. The Labute approximate surface area is 136 Å². The highest BCUT2D eigenvalue weighted by atomic mass is 16.6. The van der Waals surface area contributed by atoms with Crippen LogP contribution in [0.1, 0.15) is 29.2 Å². The first kappa shape index (κ1) is 14.5. The predicted molar refractivity (Wildman–Crippen MR) is 90.6 cm³/mol. The Morgan fingerprint density at radius 3 is 2.78 bits per heavy atom. The molecule has 2 aromatic carbocycles. The van der Waals surface area contributed by atoms with Gasteiger partial charge in [0, 0.05) is 6.04 Å². The topological polar surface area (TPSA) is 76.3 Å². The van der Waals surface area contributed by atoms with Gasteiger partial charge in [-0.3, -0.25) is 11.2 Å². The Bertz CT molecular complexity index is 727. The standard InChI is InChI=1S/C18H22N4O/c1-12-6-8-16(22-19)17(10-12)21-18(11-23-18)20-15-9-7-13-4-2-3-5-14(13)15/h2-6,8,10,15,20-22H,7,9,11,19H2,1H3/p+1. The summed E-state index contributed by atoms with van der Waals surface area (Å²) in [5.41, 5.74) is 9.00. The molecular formula is C18H23N4O+. The second kappa shape index (κ2) is 5.53. The molecule has 0 spiro atoms. The van der Waals surface area contributed by atoms with E-state index in [1.165, 1.54) is 16.7 Å². The van der Waals surface area contributed by atoms with Gasteiger partial charge in [0.15, 0.2) is 0 Å². The van der Waals surface area contributed by atoms with Crippen molar-refractivity contribution in [3.8, 4) is 0 Å². The number of hydrogen-bond acceptors (Lipinski definition) is 4. The lowest BCUT2D eigenvalue weighted by Gasteiger charge is -2.23. The first-order valence-corrected chi connectivity index (χ1v) is 8.10. The normalized spacial score (nSPS) is 25.0. The smallest absolute Gasteiger partial charge is 0.220 e. The van der Waals surface area contributed by atoms with Gasteiger partial charge in [-0.2, -0.15) is 0 Å². The van der Waals surface area contributed by atoms with Gasteiger partial charge in [-0.15, -0.1) is 0 Å². The maximum Gasteiger partial charge on any atom is 0.220 e. The highest BCUT2D eigenvalue weighted by Gasteiger charge is 2.47. The molecule has 0 aromatic heterocycles. The minimum absolute atomic E-state index is 0.335. The number of epoxide rings is 1. The molecule has 1 heterocycles. The van der Waals surface area contributed by atoms with Crippen molar-refractivity contribution < 1.29 is 10.6 Å². The Morgan fingerprint density at radius 1 is 1.17 bits per heavy atom. The van der Waals surface area contributed by atoms with E-state index in [-0.39, 0.29) is 0 Å². The van der Waals surface area contributed by atoms with E-state index in [0.29, 0.717) is 12.6 Å². The maximum atomic E-state index is 5.75. The minimum atomic E-state index is -0.471. The molecule has 1 aliphatic heterocycles. The van der Waals surface area contributed by atoms with E-state index < -0.39 is 5.85 Å². The number of ether oxygens (including phenoxy) is 1. The van der Waals surface area contributed by atoms with Crippen molar-refractivity contribution in [3.05, 3.63) is 59.2 Å². The molecule has 2 aliphatic rings. The van der Waals surface area contributed by atoms with Crippen molar-refractivity contribution in [2.45, 2.75) is 31.7 Å². The molecule has 23 heavy (non-hydrogen) atoms. The van der Waals surface area contributed by atoms with Crippen molar-refractivity contribution in [1.29, 1.82) is 0 Å². The van der Waals surface area contributed by atoms with Crippen LogP contribution in [0.2, 0.25) is 0 Å². The van der Waals surface area contributed by atoms with Crippen LogP contribution in [0.4, 0.5) is 11.4 Å². The van der Waals surface area contributed by atoms with Gasteiger partial charge in [-0.1, -0.05) is 30.3 Å². The van der Waals surface area contributed by atoms with Crippen LogP contribution < -0.4 is 21.9 Å². The molecule has 5 nitrogen and oxygen atoms in total. The van der Waals surface area contributed by atoms with E-state index in [1.807, 2.05) is 6.07 Å². The van der Waals surface area contributed by atoms with Gasteiger partial charge in [-0.05, 0) is 48.6 Å². The largest absolute Gasteiger partial charge is 0.341 e. The van der Waals surface area contributed by atoms with Gasteiger partial charge >= 0.3 is 0 Å². The van der Waals surface area contributed by atoms with Crippen molar-refractivity contribution in [2.75, 3.05) is 17.3 Å². The number of quaternary nitrogens is 1.